The van der Waals surface area contributed by atoms with Crippen molar-refractivity contribution in [2.45, 2.75) is 39.3 Å². The molecule has 3 rings (SSSR count). The molecule has 0 aliphatic heterocycles. The first-order valence-electron chi connectivity index (χ1n) is 8.79. The molecule has 5 heteroatoms. The normalized spacial score (nSPS) is 12.4. The minimum atomic E-state index is -0.408. The molecule has 1 heterocycles. The van der Waals surface area contributed by atoms with E-state index in [1.165, 1.54) is 17.7 Å². The highest BCUT2D eigenvalue weighted by Gasteiger charge is 2.13. The number of fused-ring (bicyclic) bond motifs is 1. The van der Waals surface area contributed by atoms with Gasteiger partial charge in [0.05, 0.1) is 0 Å². The highest BCUT2D eigenvalue weighted by molar-refractivity contribution is 9.10. The summed E-state index contributed by atoms with van der Waals surface area (Å²) < 4.78 is 6.32. The monoisotopic (exact) mass is 415 g/mol. The maximum Gasteiger partial charge on any atom is 0.336 e. The van der Waals surface area contributed by atoms with Crippen molar-refractivity contribution in [3.8, 4) is 5.75 Å². The van der Waals surface area contributed by atoms with E-state index in [0.29, 0.717) is 18.5 Å². The zero-order valence-corrected chi connectivity index (χ0v) is 16.5. The molecule has 136 valence electrons. The van der Waals surface area contributed by atoms with Crippen LogP contribution in [0.4, 0.5) is 0 Å². The number of hydrogen-bond donors (Lipinski definition) is 2. The third-order valence-electron chi connectivity index (χ3n) is 4.63. The van der Waals surface area contributed by atoms with Gasteiger partial charge in [0.15, 0.2) is 0 Å². The van der Waals surface area contributed by atoms with Gasteiger partial charge in [0.1, 0.15) is 11.3 Å². The van der Waals surface area contributed by atoms with Gasteiger partial charge in [0.2, 0.25) is 0 Å². The molecule has 0 aliphatic carbocycles. The third-order valence-corrected chi connectivity index (χ3v) is 5.16. The van der Waals surface area contributed by atoms with E-state index in [1.807, 2.05) is 25.1 Å². The van der Waals surface area contributed by atoms with Crippen LogP contribution in [0.2, 0.25) is 0 Å². The van der Waals surface area contributed by atoms with Crippen LogP contribution in [0, 0.1) is 0 Å². The molecule has 26 heavy (non-hydrogen) atoms. The summed E-state index contributed by atoms with van der Waals surface area (Å²) in [5.41, 5.74) is 2.93. The molecule has 1 atom stereocenters. The summed E-state index contributed by atoms with van der Waals surface area (Å²) >= 11 is 3.46. The van der Waals surface area contributed by atoms with E-state index in [1.54, 1.807) is 0 Å². The molecule has 2 N–H and O–H groups in total. The minimum Gasteiger partial charge on any atom is -0.508 e. The van der Waals surface area contributed by atoms with Gasteiger partial charge in [-0.15, -0.1) is 0 Å². The summed E-state index contributed by atoms with van der Waals surface area (Å²) in [6.07, 6.45) is 1.65. The van der Waals surface area contributed by atoms with Crippen LogP contribution in [0.5, 0.6) is 5.75 Å². The predicted octanol–water partition coefficient (Wildman–Crippen LogP) is 5.06. The van der Waals surface area contributed by atoms with Crippen LogP contribution in [-0.2, 0) is 13.0 Å². The highest BCUT2D eigenvalue weighted by Crippen LogP contribution is 2.27. The van der Waals surface area contributed by atoms with Crippen molar-refractivity contribution in [1.82, 2.24) is 5.32 Å². The zero-order chi connectivity index (χ0) is 18.7. The molecule has 0 amide bonds. The number of rotatable bonds is 6. The van der Waals surface area contributed by atoms with Crippen molar-refractivity contribution in [2.24, 2.45) is 0 Å². The first-order valence-corrected chi connectivity index (χ1v) is 9.58. The predicted molar refractivity (Wildman–Crippen MR) is 108 cm³/mol. The van der Waals surface area contributed by atoms with E-state index >= 15 is 0 Å². The topological polar surface area (TPSA) is 62.5 Å². The van der Waals surface area contributed by atoms with E-state index in [9.17, 15) is 9.90 Å². The Hall–Kier alpha value is -2.11. The fourth-order valence-electron chi connectivity index (χ4n) is 3.16. The van der Waals surface area contributed by atoms with Crippen molar-refractivity contribution in [3.05, 3.63) is 74.0 Å². The molecule has 0 saturated carbocycles. The number of benzene rings is 2. The largest absolute Gasteiger partial charge is 0.508 e. The lowest BCUT2D eigenvalue weighted by Crippen LogP contribution is -2.21. The van der Waals surface area contributed by atoms with Gasteiger partial charge in [0.25, 0.3) is 0 Å². The molecule has 1 aromatic heterocycles. The van der Waals surface area contributed by atoms with Crippen LogP contribution in [0.15, 0.2) is 56.1 Å². The van der Waals surface area contributed by atoms with Crippen molar-refractivity contribution in [2.75, 3.05) is 0 Å². The Morgan fingerprint density at radius 1 is 1.12 bits per heavy atom. The summed E-state index contributed by atoms with van der Waals surface area (Å²) in [7, 11) is 0. The van der Waals surface area contributed by atoms with Gasteiger partial charge in [0, 0.05) is 34.6 Å². The molecule has 0 bridgehead atoms. The molecule has 3 aromatic rings. The molecule has 4 nitrogen and oxygen atoms in total. The number of phenolic OH excluding ortho intramolecular Hbond substituents is 1. The van der Waals surface area contributed by atoms with E-state index in [-0.39, 0.29) is 11.8 Å². The minimum absolute atomic E-state index is 0.162. The Kier molecular flexibility index (Phi) is 5.79. The summed E-state index contributed by atoms with van der Waals surface area (Å²) in [6.45, 7) is 4.66. The lowest BCUT2D eigenvalue weighted by Gasteiger charge is -2.18. The molecule has 2 aromatic carbocycles. The molecular weight excluding hydrogens is 394 g/mol. The Labute approximate surface area is 161 Å². The van der Waals surface area contributed by atoms with Gasteiger partial charge in [-0.1, -0.05) is 41.9 Å². The summed E-state index contributed by atoms with van der Waals surface area (Å²) in [5.74, 6) is 0.162. The zero-order valence-electron chi connectivity index (χ0n) is 14.9. The Balaban J connectivity index is 1.92. The average molecular weight is 416 g/mol. The highest BCUT2D eigenvalue weighted by atomic mass is 79.9. The number of nitrogens with one attached hydrogen (secondary N) is 1. The Morgan fingerprint density at radius 2 is 1.85 bits per heavy atom. The number of aryl methyl sites for hydroxylation is 1. The average Bonchev–Trinajstić information content (AvgIpc) is 2.62. The van der Waals surface area contributed by atoms with E-state index < -0.39 is 5.63 Å². The van der Waals surface area contributed by atoms with Crippen LogP contribution in [0.1, 0.15) is 43.0 Å². The van der Waals surface area contributed by atoms with Gasteiger partial charge in [-0.25, -0.2) is 4.79 Å². The Morgan fingerprint density at radius 3 is 2.50 bits per heavy atom. The maximum absolute atomic E-state index is 11.9. The van der Waals surface area contributed by atoms with E-state index in [0.717, 1.165) is 27.4 Å². The molecule has 0 spiro atoms. The standard InChI is InChI=1S/C21H22BrNO3/c1-3-13-9-17-15(10-21(25)26-20(17)11-19(13)24)12-23-18(4-2)14-5-7-16(22)8-6-14/h5-11,18,23-24H,3-4,12H2,1-2H3/t18-/m0/s1. The lowest BCUT2D eigenvalue weighted by atomic mass is 10.0. The fourth-order valence-corrected chi connectivity index (χ4v) is 3.43. The van der Waals surface area contributed by atoms with Crippen LogP contribution >= 0.6 is 15.9 Å². The van der Waals surface area contributed by atoms with Gasteiger partial charge >= 0.3 is 5.63 Å². The fraction of sp³-hybridized carbons (Fsp3) is 0.286. The summed E-state index contributed by atoms with van der Waals surface area (Å²) in [6, 6.07) is 13.4. The number of halogens is 1. The van der Waals surface area contributed by atoms with Crippen LogP contribution in [-0.4, -0.2) is 5.11 Å². The van der Waals surface area contributed by atoms with Gasteiger partial charge in [-0.3, -0.25) is 0 Å². The van der Waals surface area contributed by atoms with E-state index in [4.69, 9.17) is 4.42 Å². The quantitative estimate of drug-likeness (QED) is 0.551. The second kappa shape index (κ2) is 8.06. The molecular formula is C21H22BrNO3. The smallest absolute Gasteiger partial charge is 0.336 e. The maximum atomic E-state index is 11.9. The van der Waals surface area contributed by atoms with Crippen LogP contribution in [0.3, 0.4) is 0 Å². The second-order valence-corrected chi connectivity index (χ2v) is 7.23. The van der Waals surface area contributed by atoms with Gasteiger partial charge in [-0.2, -0.15) is 0 Å². The van der Waals surface area contributed by atoms with Crippen LogP contribution in [0.25, 0.3) is 11.0 Å². The molecule has 0 fully saturated rings. The molecule has 0 aliphatic rings. The summed E-state index contributed by atoms with van der Waals surface area (Å²) in [5, 5.41) is 14.4. The van der Waals surface area contributed by atoms with Crippen LogP contribution < -0.4 is 10.9 Å². The third kappa shape index (κ3) is 4.00. The van der Waals surface area contributed by atoms with Crippen molar-refractivity contribution in [3.63, 3.8) is 0 Å². The molecule has 0 unspecified atom stereocenters. The Bertz CT molecular complexity index is 963. The van der Waals surface area contributed by atoms with Crippen molar-refractivity contribution < 1.29 is 9.52 Å². The lowest BCUT2D eigenvalue weighted by molar-refractivity contribution is 0.466. The van der Waals surface area contributed by atoms with Crippen molar-refractivity contribution >= 4 is 26.9 Å². The van der Waals surface area contributed by atoms with Gasteiger partial charge < -0.3 is 14.8 Å². The first-order chi connectivity index (χ1) is 12.5. The molecule has 0 radical (unpaired) electrons. The first kappa shape index (κ1) is 18.7. The van der Waals surface area contributed by atoms with Gasteiger partial charge in [-0.05, 0) is 47.7 Å². The summed E-state index contributed by atoms with van der Waals surface area (Å²) in [4.78, 5) is 11.9. The number of hydrogen-bond acceptors (Lipinski definition) is 4. The van der Waals surface area contributed by atoms with E-state index in [2.05, 4.69) is 40.3 Å². The van der Waals surface area contributed by atoms with Crippen molar-refractivity contribution in [1.29, 1.82) is 0 Å². The molecule has 0 saturated heterocycles. The number of phenols is 1. The number of aromatic hydroxyl groups is 1. The SMILES string of the molecule is CCc1cc2c(CN[C@@H](CC)c3ccc(Br)cc3)cc(=O)oc2cc1O. The second-order valence-electron chi connectivity index (χ2n) is 6.31.